The Balaban J connectivity index is 1.72. The molecule has 1 fully saturated rings. The van der Waals surface area contributed by atoms with E-state index in [1.807, 2.05) is 0 Å². The molecule has 1 aromatic heterocycles. The normalized spacial score (nSPS) is 20.5. The van der Waals surface area contributed by atoms with E-state index in [-0.39, 0.29) is 46.1 Å². The number of carbonyl (C=O) groups is 4. The zero-order valence-corrected chi connectivity index (χ0v) is 16.8. The number of rotatable bonds is 2. The van der Waals surface area contributed by atoms with Crippen molar-refractivity contribution in [2.45, 2.75) is 18.9 Å². The van der Waals surface area contributed by atoms with Crippen LogP contribution < -0.4 is 23.7 Å². The molecule has 12 nitrogen and oxygen atoms in total. The van der Waals surface area contributed by atoms with Crippen LogP contribution in [0, 0.1) is 0 Å². The van der Waals surface area contributed by atoms with Gasteiger partial charge in [-0.15, -0.1) is 0 Å². The van der Waals surface area contributed by atoms with Gasteiger partial charge in [-0.25, -0.2) is 19.2 Å². The monoisotopic (exact) mass is 454 g/mol. The van der Waals surface area contributed by atoms with Crippen molar-refractivity contribution < 1.29 is 47.6 Å². The zero-order chi connectivity index (χ0) is 22.9. The molecule has 0 aliphatic carbocycles. The van der Waals surface area contributed by atoms with Crippen molar-refractivity contribution in [1.29, 1.82) is 0 Å². The molecule has 0 spiro atoms. The molecule has 3 aliphatic rings. The molecule has 0 amide bonds. The summed E-state index contributed by atoms with van der Waals surface area (Å²) in [6.07, 6.45) is 4.37. The largest absolute Gasteiger partial charge is 0.460 e. The number of aromatic nitrogens is 2. The molecule has 0 atom stereocenters. The van der Waals surface area contributed by atoms with Crippen molar-refractivity contribution in [3.05, 3.63) is 30.4 Å². The number of hydrogen-bond acceptors (Lipinski definition) is 12. The van der Waals surface area contributed by atoms with Crippen LogP contribution >= 0.6 is 0 Å². The summed E-state index contributed by atoms with van der Waals surface area (Å²) >= 11 is 0. The Morgan fingerprint density at radius 3 is 2.06 bits per heavy atom. The molecule has 4 heterocycles. The van der Waals surface area contributed by atoms with Crippen LogP contribution in [0.2, 0.25) is 0 Å². The highest BCUT2D eigenvalue weighted by Crippen LogP contribution is 2.47. The third kappa shape index (κ3) is 4.23. The molecule has 0 radical (unpaired) electrons. The predicted octanol–water partition coefficient (Wildman–Crippen LogP) is 0.949. The Labute approximate surface area is 184 Å². The minimum absolute atomic E-state index is 0.0479. The maximum Gasteiger partial charge on any atom is 0.337 e. The fraction of sp³-hybridized carbons (Fsp3) is 0.238. The smallest absolute Gasteiger partial charge is 0.337 e. The summed E-state index contributed by atoms with van der Waals surface area (Å²) < 4.78 is 32.2. The summed E-state index contributed by atoms with van der Waals surface area (Å²) in [5, 5.41) is -0.0631. The maximum absolute atomic E-state index is 12.2. The minimum Gasteiger partial charge on any atom is -0.460 e. The molecular weight excluding hydrogens is 440 g/mol. The Hall–Kier alpha value is -4.32. The van der Waals surface area contributed by atoms with Crippen molar-refractivity contribution in [2.24, 2.45) is 0 Å². The predicted molar refractivity (Wildman–Crippen MR) is 105 cm³/mol. The summed E-state index contributed by atoms with van der Waals surface area (Å²) in [5.41, 5.74) is 0.0479. The number of nitrogens with zero attached hydrogens (tertiary/aromatic N) is 2. The standard InChI is InChI=1S/C21H14N2O10/c24-13-1-2-14(25)31-18-12(30-13)9-11-17-19(18)32-15(26)3-4-16(27)33-20(17)23-21(22-11)29-10-5-7-28-8-6-10/h1-4,9-10H,5-8H2/b2-1+,4-3+. The van der Waals surface area contributed by atoms with E-state index in [0.717, 1.165) is 24.3 Å². The van der Waals surface area contributed by atoms with Gasteiger partial charge >= 0.3 is 29.9 Å². The summed E-state index contributed by atoms with van der Waals surface area (Å²) in [6.45, 7) is 1.01. The van der Waals surface area contributed by atoms with E-state index in [2.05, 4.69) is 9.97 Å². The molecule has 5 rings (SSSR count). The lowest BCUT2D eigenvalue weighted by atomic mass is 10.1. The van der Waals surface area contributed by atoms with Crippen molar-refractivity contribution in [3.63, 3.8) is 0 Å². The molecule has 2 aromatic rings. The molecule has 0 saturated carbocycles. The average molecular weight is 454 g/mol. The van der Waals surface area contributed by atoms with Gasteiger partial charge in [0.2, 0.25) is 11.6 Å². The number of esters is 4. The lowest BCUT2D eigenvalue weighted by molar-refractivity contribution is -0.134. The second-order valence-electron chi connectivity index (χ2n) is 7.02. The van der Waals surface area contributed by atoms with Crippen molar-refractivity contribution >= 4 is 34.8 Å². The first kappa shape index (κ1) is 20.6. The van der Waals surface area contributed by atoms with Crippen LogP contribution in [0.1, 0.15) is 12.8 Å². The summed E-state index contributed by atoms with van der Waals surface area (Å²) in [5.74, 6) is -4.97. The average Bonchev–Trinajstić information content (AvgIpc) is 2.83. The summed E-state index contributed by atoms with van der Waals surface area (Å²) in [7, 11) is 0. The molecule has 3 aliphatic heterocycles. The number of hydrogen-bond donors (Lipinski definition) is 0. The van der Waals surface area contributed by atoms with Gasteiger partial charge in [0, 0.05) is 43.2 Å². The minimum atomic E-state index is -0.975. The van der Waals surface area contributed by atoms with E-state index in [4.69, 9.17) is 28.4 Å². The van der Waals surface area contributed by atoms with Gasteiger partial charge in [-0.05, 0) is 0 Å². The number of ether oxygens (including phenoxy) is 6. The Morgan fingerprint density at radius 2 is 1.36 bits per heavy atom. The Kier molecular flexibility index (Phi) is 5.18. The molecule has 168 valence electrons. The van der Waals surface area contributed by atoms with E-state index in [0.29, 0.717) is 26.1 Å². The van der Waals surface area contributed by atoms with Gasteiger partial charge < -0.3 is 28.4 Å². The maximum atomic E-state index is 12.2. The second-order valence-corrected chi connectivity index (χ2v) is 7.02. The highest BCUT2D eigenvalue weighted by atomic mass is 16.6. The highest BCUT2D eigenvalue weighted by molar-refractivity contribution is 6.04. The zero-order valence-electron chi connectivity index (χ0n) is 16.8. The lowest BCUT2D eigenvalue weighted by Gasteiger charge is -2.22. The topological polar surface area (TPSA) is 149 Å². The van der Waals surface area contributed by atoms with Gasteiger partial charge in [-0.1, -0.05) is 0 Å². The Morgan fingerprint density at radius 1 is 0.758 bits per heavy atom. The second kappa shape index (κ2) is 8.31. The fourth-order valence-corrected chi connectivity index (χ4v) is 3.32. The molecular formula is C21H14N2O10. The van der Waals surface area contributed by atoms with E-state index in [1.165, 1.54) is 6.07 Å². The first-order valence-corrected chi connectivity index (χ1v) is 9.83. The van der Waals surface area contributed by atoms with E-state index in [9.17, 15) is 19.2 Å². The molecule has 12 heteroatoms. The van der Waals surface area contributed by atoms with Crippen molar-refractivity contribution in [2.75, 3.05) is 13.2 Å². The van der Waals surface area contributed by atoms with Gasteiger partial charge in [0.05, 0.1) is 18.7 Å². The van der Waals surface area contributed by atoms with Gasteiger partial charge in [0.1, 0.15) is 11.5 Å². The fourth-order valence-electron chi connectivity index (χ4n) is 3.32. The Bertz CT molecular complexity index is 1260. The first-order chi connectivity index (χ1) is 16.0. The number of fused-ring (bicyclic) bond motifs is 2. The molecule has 33 heavy (non-hydrogen) atoms. The summed E-state index contributed by atoms with van der Waals surface area (Å²) in [4.78, 5) is 56.9. The van der Waals surface area contributed by atoms with Crippen LogP contribution in [-0.4, -0.2) is 53.2 Å². The van der Waals surface area contributed by atoms with Crippen LogP contribution in [0.4, 0.5) is 0 Å². The quantitative estimate of drug-likeness (QED) is 0.469. The van der Waals surface area contributed by atoms with Crippen molar-refractivity contribution in [3.8, 4) is 29.1 Å². The molecule has 1 saturated heterocycles. The third-order valence-electron chi connectivity index (χ3n) is 4.77. The van der Waals surface area contributed by atoms with Crippen molar-refractivity contribution in [1.82, 2.24) is 9.97 Å². The van der Waals surface area contributed by atoms with Crippen LogP contribution in [0.15, 0.2) is 30.4 Å². The van der Waals surface area contributed by atoms with Crippen LogP contribution in [0.25, 0.3) is 10.9 Å². The van der Waals surface area contributed by atoms with Crippen LogP contribution in [-0.2, 0) is 23.9 Å². The molecule has 0 bridgehead atoms. The molecule has 1 aromatic carbocycles. The summed E-state index contributed by atoms with van der Waals surface area (Å²) in [6, 6.07) is 1.14. The van der Waals surface area contributed by atoms with Crippen LogP contribution in [0.5, 0.6) is 29.1 Å². The van der Waals surface area contributed by atoms with Gasteiger partial charge in [-0.3, -0.25) is 0 Å². The van der Waals surface area contributed by atoms with Gasteiger partial charge in [0.25, 0.3) is 0 Å². The van der Waals surface area contributed by atoms with E-state index < -0.39 is 23.9 Å². The van der Waals surface area contributed by atoms with E-state index >= 15 is 0 Å². The SMILES string of the molecule is O=C1/C=C/C(=O)Oc2c(cc3nc(OC4CCOCC4)nc4c3c2OC(=O)/C=C/C(=O)O4)O1. The van der Waals surface area contributed by atoms with Gasteiger partial charge in [0.15, 0.2) is 11.5 Å². The molecule has 0 unspecified atom stereocenters. The first-order valence-electron chi connectivity index (χ1n) is 9.83. The van der Waals surface area contributed by atoms with Gasteiger partial charge in [-0.2, -0.15) is 9.97 Å². The van der Waals surface area contributed by atoms with Crippen LogP contribution in [0.3, 0.4) is 0 Å². The number of benzene rings is 1. The lowest BCUT2D eigenvalue weighted by Crippen LogP contribution is -2.26. The third-order valence-corrected chi connectivity index (χ3v) is 4.77. The highest BCUT2D eigenvalue weighted by Gasteiger charge is 2.30. The molecule has 0 N–H and O–H groups in total. The number of carbonyl (C=O) groups excluding carboxylic acids is 4. The van der Waals surface area contributed by atoms with E-state index in [1.54, 1.807) is 0 Å².